The number of nitrogens with zero attached hydrogens (tertiary/aromatic N) is 1. The molecule has 2 heterocycles. The number of Topliss-reactive ketones (excluding diaryl/α,β-unsaturated/α-hetero) is 1. The SMILES string of the molecule is CCC1CCCCN1CC(=O)c1ccc[nH]1. The van der Waals surface area contributed by atoms with E-state index in [9.17, 15) is 4.79 Å². The van der Waals surface area contributed by atoms with E-state index in [2.05, 4.69) is 16.8 Å². The van der Waals surface area contributed by atoms with E-state index in [0.29, 0.717) is 12.6 Å². The zero-order valence-electron chi connectivity index (χ0n) is 9.91. The van der Waals surface area contributed by atoms with Gasteiger partial charge in [-0.3, -0.25) is 9.69 Å². The summed E-state index contributed by atoms with van der Waals surface area (Å²) in [5, 5.41) is 0. The smallest absolute Gasteiger partial charge is 0.192 e. The van der Waals surface area contributed by atoms with E-state index in [0.717, 1.165) is 18.7 Å². The fourth-order valence-corrected chi connectivity index (χ4v) is 2.50. The molecule has 0 spiro atoms. The zero-order chi connectivity index (χ0) is 11.4. The summed E-state index contributed by atoms with van der Waals surface area (Å²) in [5.74, 6) is 0.213. The van der Waals surface area contributed by atoms with Crippen molar-refractivity contribution in [2.75, 3.05) is 13.1 Å². The molecule has 1 fully saturated rings. The van der Waals surface area contributed by atoms with E-state index in [4.69, 9.17) is 0 Å². The molecule has 0 amide bonds. The Hall–Kier alpha value is -1.09. The Kier molecular flexibility index (Phi) is 3.78. The molecule has 88 valence electrons. The van der Waals surface area contributed by atoms with E-state index in [1.165, 1.54) is 19.3 Å². The summed E-state index contributed by atoms with van der Waals surface area (Å²) in [6, 6.07) is 4.33. The van der Waals surface area contributed by atoms with Crippen LogP contribution in [0.5, 0.6) is 0 Å². The van der Waals surface area contributed by atoms with Gasteiger partial charge in [-0.2, -0.15) is 0 Å². The number of aromatic amines is 1. The standard InChI is InChI=1S/C13H20N2O/c1-2-11-6-3-4-9-15(11)10-13(16)12-7-5-8-14-12/h5,7-8,11,14H,2-4,6,9-10H2,1H3. The molecule has 0 bridgehead atoms. The Morgan fingerprint density at radius 1 is 1.56 bits per heavy atom. The number of carbonyl (C=O) groups excluding carboxylic acids is 1. The van der Waals surface area contributed by atoms with Gasteiger partial charge in [-0.05, 0) is 37.9 Å². The first kappa shape index (κ1) is 11.4. The molecule has 1 aromatic rings. The summed E-state index contributed by atoms with van der Waals surface area (Å²) in [6.45, 7) is 3.85. The average molecular weight is 220 g/mol. The van der Waals surface area contributed by atoms with Crippen LogP contribution in [0, 0.1) is 0 Å². The second-order valence-electron chi connectivity index (χ2n) is 4.54. The van der Waals surface area contributed by atoms with Crippen LogP contribution in [-0.4, -0.2) is 34.8 Å². The maximum atomic E-state index is 12.0. The highest BCUT2D eigenvalue weighted by atomic mass is 16.1. The molecule has 16 heavy (non-hydrogen) atoms. The first-order valence-electron chi connectivity index (χ1n) is 6.22. The summed E-state index contributed by atoms with van der Waals surface area (Å²) in [5.41, 5.74) is 0.737. The molecule has 1 aliphatic rings. The first-order valence-corrected chi connectivity index (χ1v) is 6.22. The summed E-state index contributed by atoms with van der Waals surface area (Å²) in [6.07, 6.45) is 6.74. The zero-order valence-corrected chi connectivity index (χ0v) is 9.91. The van der Waals surface area contributed by atoms with Gasteiger partial charge in [-0.25, -0.2) is 0 Å². The highest BCUT2D eigenvalue weighted by molar-refractivity contribution is 5.95. The number of nitrogens with one attached hydrogen (secondary N) is 1. The van der Waals surface area contributed by atoms with Gasteiger partial charge >= 0.3 is 0 Å². The number of ketones is 1. The Bertz CT molecular complexity index is 332. The van der Waals surface area contributed by atoms with Crippen molar-refractivity contribution in [1.29, 1.82) is 0 Å². The summed E-state index contributed by atoms with van der Waals surface area (Å²) < 4.78 is 0. The number of piperidine rings is 1. The molecule has 1 unspecified atom stereocenters. The predicted molar refractivity (Wildman–Crippen MR) is 64.6 cm³/mol. The van der Waals surface area contributed by atoms with Crippen molar-refractivity contribution in [3.8, 4) is 0 Å². The lowest BCUT2D eigenvalue weighted by atomic mass is 9.99. The molecule has 0 aliphatic carbocycles. The van der Waals surface area contributed by atoms with Crippen LogP contribution in [0.2, 0.25) is 0 Å². The largest absolute Gasteiger partial charge is 0.359 e. The van der Waals surface area contributed by atoms with Gasteiger partial charge in [0.2, 0.25) is 0 Å². The number of rotatable bonds is 4. The Morgan fingerprint density at radius 2 is 2.44 bits per heavy atom. The van der Waals surface area contributed by atoms with Crippen LogP contribution < -0.4 is 0 Å². The van der Waals surface area contributed by atoms with E-state index in [1.54, 1.807) is 6.20 Å². The lowest BCUT2D eigenvalue weighted by Crippen LogP contribution is -2.42. The number of hydrogen-bond donors (Lipinski definition) is 1. The van der Waals surface area contributed by atoms with Gasteiger partial charge < -0.3 is 4.98 Å². The molecule has 1 aliphatic heterocycles. The van der Waals surface area contributed by atoms with E-state index >= 15 is 0 Å². The van der Waals surface area contributed by atoms with Crippen molar-refractivity contribution in [2.24, 2.45) is 0 Å². The summed E-state index contributed by atoms with van der Waals surface area (Å²) >= 11 is 0. The molecule has 1 N–H and O–H groups in total. The summed E-state index contributed by atoms with van der Waals surface area (Å²) in [7, 11) is 0. The van der Waals surface area contributed by atoms with Crippen LogP contribution in [0.4, 0.5) is 0 Å². The number of hydrogen-bond acceptors (Lipinski definition) is 2. The van der Waals surface area contributed by atoms with Gasteiger partial charge in [0.1, 0.15) is 0 Å². The highest BCUT2D eigenvalue weighted by Gasteiger charge is 2.23. The normalized spacial score (nSPS) is 22.2. The van der Waals surface area contributed by atoms with Crippen LogP contribution in [0.15, 0.2) is 18.3 Å². The minimum absolute atomic E-state index is 0.213. The van der Waals surface area contributed by atoms with Crippen LogP contribution in [0.25, 0.3) is 0 Å². The van der Waals surface area contributed by atoms with Gasteiger partial charge in [0.05, 0.1) is 12.2 Å². The van der Waals surface area contributed by atoms with Gasteiger partial charge in [0.25, 0.3) is 0 Å². The number of H-pyrrole nitrogens is 1. The van der Waals surface area contributed by atoms with Crippen molar-refractivity contribution in [2.45, 2.75) is 38.6 Å². The van der Waals surface area contributed by atoms with E-state index < -0.39 is 0 Å². The van der Waals surface area contributed by atoms with E-state index in [-0.39, 0.29) is 5.78 Å². The number of aromatic nitrogens is 1. The van der Waals surface area contributed by atoms with Gasteiger partial charge in [0, 0.05) is 12.2 Å². The molecule has 1 saturated heterocycles. The molecule has 0 aromatic carbocycles. The molecule has 0 radical (unpaired) electrons. The van der Waals surface area contributed by atoms with Crippen molar-refractivity contribution in [3.05, 3.63) is 24.0 Å². The fraction of sp³-hybridized carbons (Fsp3) is 0.615. The number of carbonyl (C=O) groups is 1. The van der Waals surface area contributed by atoms with Gasteiger partial charge in [0.15, 0.2) is 5.78 Å². The molecule has 1 atom stereocenters. The minimum Gasteiger partial charge on any atom is -0.359 e. The number of likely N-dealkylation sites (tertiary alicyclic amines) is 1. The molecule has 3 nitrogen and oxygen atoms in total. The maximum Gasteiger partial charge on any atom is 0.192 e. The quantitative estimate of drug-likeness (QED) is 0.791. The molecule has 3 heteroatoms. The second-order valence-corrected chi connectivity index (χ2v) is 4.54. The van der Waals surface area contributed by atoms with Crippen LogP contribution in [0.3, 0.4) is 0 Å². The lowest BCUT2D eigenvalue weighted by Gasteiger charge is -2.34. The maximum absolute atomic E-state index is 12.0. The molecule has 0 saturated carbocycles. The second kappa shape index (κ2) is 5.30. The van der Waals surface area contributed by atoms with Crippen molar-refractivity contribution >= 4 is 5.78 Å². The Labute approximate surface area is 96.8 Å². The van der Waals surface area contributed by atoms with Crippen molar-refractivity contribution in [3.63, 3.8) is 0 Å². The Morgan fingerprint density at radius 3 is 3.12 bits per heavy atom. The van der Waals surface area contributed by atoms with Crippen molar-refractivity contribution in [1.82, 2.24) is 9.88 Å². The molecular formula is C13H20N2O. The fourth-order valence-electron chi connectivity index (χ4n) is 2.50. The van der Waals surface area contributed by atoms with Crippen molar-refractivity contribution < 1.29 is 4.79 Å². The third kappa shape index (κ3) is 2.53. The third-order valence-corrected chi connectivity index (χ3v) is 3.47. The molecular weight excluding hydrogens is 200 g/mol. The van der Waals surface area contributed by atoms with Gasteiger partial charge in [-0.15, -0.1) is 0 Å². The highest BCUT2D eigenvalue weighted by Crippen LogP contribution is 2.19. The predicted octanol–water partition coefficient (Wildman–Crippen LogP) is 2.46. The third-order valence-electron chi connectivity index (χ3n) is 3.47. The van der Waals surface area contributed by atoms with Crippen LogP contribution in [-0.2, 0) is 0 Å². The first-order chi connectivity index (χ1) is 7.81. The molecule has 2 rings (SSSR count). The molecule has 1 aromatic heterocycles. The van der Waals surface area contributed by atoms with Crippen LogP contribution >= 0.6 is 0 Å². The minimum atomic E-state index is 0.213. The monoisotopic (exact) mass is 220 g/mol. The van der Waals surface area contributed by atoms with Crippen LogP contribution in [0.1, 0.15) is 43.1 Å². The summed E-state index contributed by atoms with van der Waals surface area (Å²) in [4.78, 5) is 17.3. The van der Waals surface area contributed by atoms with E-state index in [1.807, 2.05) is 12.1 Å². The van der Waals surface area contributed by atoms with Gasteiger partial charge in [-0.1, -0.05) is 13.3 Å². The average Bonchev–Trinajstić information content (AvgIpc) is 2.83. The lowest BCUT2D eigenvalue weighted by molar-refractivity contribution is 0.0834. The Balaban J connectivity index is 1.95. The topological polar surface area (TPSA) is 36.1 Å².